The first kappa shape index (κ1) is 28.0. The van der Waals surface area contributed by atoms with Crippen LogP contribution in [-0.4, -0.2) is 75.8 Å². The van der Waals surface area contributed by atoms with Crippen LogP contribution in [0, 0.1) is 0 Å². The minimum Gasteiger partial charge on any atom is -0.770 e. The van der Waals surface area contributed by atoms with E-state index in [1.54, 1.807) is 4.57 Å². The van der Waals surface area contributed by atoms with E-state index in [-0.39, 0.29) is 30.2 Å². The van der Waals surface area contributed by atoms with Crippen molar-refractivity contribution in [3.8, 4) is 0 Å². The molecule has 3 aliphatic heterocycles. The molecule has 2 unspecified atom stereocenters. The van der Waals surface area contributed by atoms with Crippen LogP contribution in [0.4, 0.5) is 11.6 Å². The molecule has 0 saturated carbocycles. The van der Waals surface area contributed by atoms with Gasteiger partial charge < -0.3 is 44.3 Å². The van der Waals surface area contributed by atoms with E-state index in [9.17, 15) is 18.9 Å². The summed E-state index contributed by atoms with van der Waals surface area (Å²) < 4.78 is 57.2. The topological polar surface area (TPSA) is 266 Å². The number of fused-ring (bicyclic) bond motifs is 4. The van der Waals surface area contributed by atoms with Crippen LogP contribution >= 0.6 is 26.0 Å². The van der Waals surface area contributed by atoms with Crippen LogP contribution in [0.1, 0.15) is 25.3 Å². The predicted molar refractivity (Wildman–Crippen MR) is 140 cm³/mol. The van der Waals surface area contributed by atoms with Gasteiger partial charge in [0.2, 0.25) is 0 Å². The van der Waals surface area contributed by atoms with Crippen molar-refractivity contribution in [3.63, 3.8) is 0 Å². The maximum Gasteiger partial charge on any atom is 0.268 e. The number of rotatable bonds is 2. The lowest BCUT2D eigenvalue weighted by molar-refractivity contribution is -0.234. The van der Waals surface area contributed by atoms with E-state index in [2.05, 4.69) is 29.9 Å². The summed E-state index contributed by atoms with van der Waals surface area (Å²) in [4.78, 5) is 50.5. The van der Waals surface area contributed by atoms with Crippen molar-refractivity contribution >= 4 is 60.0 Å². The number of imidazole rings is 2. The lowest BCUT2D eigenvalue weighted by Crippen LogP contribution is -2.33. The van der Waals surface area contributed by atoms with Crippen LogP contribution in [0.5, 0.6) is 0 Å². The molecule has 4 aromatic rings. The average molecular weight is 640 g/mol. The summed E-state index contributed by atoms with van der Waals surface area (Å²) in [5.41, 5.74) is 13.1. The third kappa shape index (κ3) is 5.17. The lowest BCUT2D eigenvalue weighted by Gasteiger charge is -2.33. The molecule has 4 aromatic heterocycles. The standard InChI is InChI=1S/C20H24N10O9P2S/c21-17-15-19(25-5-23-17)29(7-27-15)13-1-9-11(36-13)3-35-40(31,32)38-10-2-14(37-12(10)4-42-41(33,34)39-9)30-8-28-16-18(22)24-6-26-20(16)30/h5-14H,1-4H2,(H,31,32)(H,33,34)(H2,21,23,25)(H2,22,24,26)/p-2/t9-,10+,11+,12-,13+,14-/m1/s1. The predicted octanol–water partition coefficient (Wildman–Crippen LogP) is -0.124. The summed E-state index contributed by atoms with van der Waals surface area (Å²) in [6, 6.07) is 0. The molecule has 0 aliphatic carbocycles. The molecule has 7 rings (SSSR count). The summed E-state index contributed by atoms with van der Waals surface area (Å²) in [5.74, 6) is 0.113. The molecule has 19 nitrogen and oxygen atoms in total. The fourth-order valence-electron chi connectivity index (χ4n) is 5.15. The van der Waals surface area contributed by atoms with Gasteiger partial charge in [0.1, 0.15) is 42.2 Å². The highest BCUT2D eigenvalue weighted by atomic mass is 32.7. The monoisotopic (exact) mass is 640 g/mol. The molecule has 0 amide bonds. The van der Waals surface area contributed by atoms with Crippen molar-refractivity contribution in [2.45, 2.75) is 49.7 Å². The van der Waals surface area contributed by atoms with Gasteiger partial charge in [-0.2, -0.15) is 0 Å². The molecule has 224 valence electrons. The second-order valence-corrected chi connectivity index (χ2v) is 14.8. The number of aromatic nitrogens is 8. The van der Waals surface area contributed by atoms with E-state index in [4.69, 9.17) is 34.5 Å². The Kier molecular flexibility index (Phi) is 6.97. The summed E-state index contributed by atoms with van der Waals surface area (Å²) in [6.45, 7) is -5.12. The minimum absolute atomic E-state index is 0.0174. The quantitative estimate of drug-likeness (QED) is 0.270. The zero-order chi connectivity index (χ0) is 29.2. The van der Waals surface area contributed by atoms with Gasteiger partial charge in [-0.1, -0.05) is 11.4 Å². The third-order valence-electron chi connectivity index (χ3n) is 7.08. The molecule has 3 fully saturated rings. The maximum absolute atomic E-state index is 13.1. The molecule has 3 saturated heterocycles. The first-order chi connectivity index (χ1) is 20.1. The maximum atomic E-state index is 13.1. The molecule has 8 atom stereocenters. The fraction of sp³-hybridized carbons (Fsp3) is 0.500. The second-order valence-electron chi connectivity index (χ2n) is 9.67. The van der Waals surface area contributed by atoms with Crippen LogP contribution in [0.15, 0.2) is 25.3 Å². The van der Waals surface area contributed by atoms with Gasteiger partial charge >= 0.3 is 0 Å². The highest BCUT2D eigenvalue weighted by Crippen LogP contribution is 2.57. The average Bonchev–Trinajstić information content (AvgIpc) is 3.71. The molecule has 3 aliphatic rings. The van der Waals surface area contributed by atoms with Crippen LogP contribution in [-0.2, 0) is 32.2 Å². The molecule has 7 heterocycles. The van der Waals surface area contributed by atoms with E-state index in [1.165, 1.54) is 29.9 Å². The number of nitrogen functional groups attached to an aromatic ring is 2. The van der Waals surface area contributed by atoms with Crippen molar-refractivity contribution in [2.24, 2.45) is 0 Å². The van der Waals surface area contributed by atoms with Gasteiger partial charge in [-0.25, -0.2) is 29.9 Å². The Balaban J connectivity index is 1.12. The summed E-state index contributed by atoms with van der Waals surface area (Å²) >= 11 is 0.485. The SMILES string of the molecule is Nc1ncnc2c1ncn2[C@@H]1C[C@H]2OP(=O)([O-])SC[C@H]3O[C@@H](n4cnc5c(N)ncnc54)C[C@@H]3OP(=O)([O-])OC[C@@H]2O1. The zero-order valence-electron chi connectivity index (χ0n) is 21.3. The summed E-state index contributed by atoms with van der Waals surface area (Å²) in [6.07, 6.45) is -0.444. The number of anilines is 2. The normalized spacial score (nSPS) is 36.0. The van der Waals surface area contributed by atoms with Gasteiger partial charge in [0.05, 0.1) is 37.6 Å². The number of nitrogens with two attached hydrogens (primary N) is 2. The van der Waals surface area contributed by atoms with Gasteiger partial charge in [-0.15, -0.1) is 0 Å². The Bertz CT molecular complexity index is 1630. The third-order valence-corrected chi connectivity index (χ3v) is 11.0. The Morgan fingerprint density at radius 1 is 0.786 bits per heavy atom. The molecule has 4 N–H and O–H groups in total. The van der Waals surface area contributed by atoms with Crippen LogP contribution < -0.4 is 21.3 Å². The van der Waals surface area contributed by atoms with Gasteiger partial charge in [-0.05, 0) is 0 Å². The van der Waals surface area contributed by atoms with Crippen LogP contribution in [0.3, 0.4) is 0 Å². The lowest BCUT2D eigenvalue weighted by atomic mass is 10.2. The first-order valence-corrected chi connectivity index (χ1v) is 17.1. The molecule has 22 heteroatoms. The Hall–Kier alpha value is -2.77. The van der Waals surface area contributed by atoms with Gasteiger partial charge in [0.15, 0.2) is 29.7 Å². The van der Waals surface area contributed by atoms with E-state index < -0.39 is 58.1 Å². The largest absolute Gasteiger partial charge is 0.770 e. The second kappa shape index (κ2) is 10.4. The van der Waals surface area contributed by atoms with Crippen LogP contribution in [0.25, 0.3) is 22.3 Å². The number of ether oxygens (including phenoxy) is 2. The molecular formula is C20H22N10O9P2S-2. The van der Waals surface area contributed by atoms with Gasteiger partial charge in [0.25, 0.3) is 7.82 Å². The van der Waals surface area contributed by atoms with Gasteiger partial charge in [-0.3, -0.25) is 18.3 Å². The molecule has 0 aromatic carbocycles. The van der Waals surface area contributed by atoms with Crippen LogP contribution in [0.2, 0.25) is 0 Å². The minimum atomic E-state index is -4.92. The van der Waals surface area contributed by atoms with E-state index in [0.29, 0.717) is 33.7 Å². The van der Waals surface area contributed by atoms with Crippen molar-refractivity contribution < 1.29 is 42.0 Å². The van der Waals surface area contributed by atoms with E-state index in [1.807, 2.05) is 0 Å². The fourth-order valence-corrected chi connectivity index (χ4v) is 8.83. The van der Waals surface area contributed by atoms with Crippen molar-refractivity contribution in [1.82, 2.24) is 39.0 Å². The Morgan fingerprint density at radius 2 is 1.33 bits per heavy atom. The van der Waals surface area contributed by atoms with Crippen molar-refractivity contribution in [1.29, 1.82) is 0 Å². The summed E-state index contributed by atoms with van der Waals surface area (Å²) in [5, 5.41) is 0. The molecule has 0 spiro atoms. The molecule has 0 bridgehead atoms. The van der Waals surface area contributed by atoms with E-state index >= 15 is 0 Å². The number of nitrogens with zero attached hydrogens (tertiary/aromatic N) is 8. The van der Waals surface area contributed by atoms with Gasteiger partial charge in [0, 0.05) is 18.6 Å². The van der Waals surface area contributed by atoms with Crippen molar-refractivity contribution in [2.75, 3.05) is 23.8 Å². The number of phosphoric ester groups is 1. The molecule has 42 heavy (non-hydrogen) atoms. The number of hydrogen-bond acceptors (Lipinski definition) is 18. The Morgan fingerprint density at radius 3 is 1.93 bits per heavy atom. The smallest absolute Gasteiger partial charge is 0.268 e. The molecular weight excluding hydrogens is 618 g/mol. The number of hydrogen-bond donors (Lipinski definition) is 2. The number of phosphoric acid groups is 1. The van der Waals surface area contributed by atoms with Crippen molar-refractivity contribution in [3.05, 3.63) is 25.3 Å². The Labute approximate surface area is 239 Å². The highest BCUT2D eigenvalue weighted by molar-refractivity contribution is 8.54. The highest BCUT2D eigenvalue weighted by Gasteiger charge is 2.44. The van der Waals surface area contributed by atoms with E-state index in [0.717, 1.165) is 0 Å². The summed E-state index contributed by atoms with van der Waals surface area (Å²) in [7, 11) is -4.92. The molecule has 0 radical (unpaired) electrons. The first-order valence-electron chi connectivity index (χ1n) is 12.5. The zero-order valence-corrected chi connectivity index (χ0v) is 23.9.